The van der Waals surface area contributed by atoms with Gasteiger partial charge in [-0.25, -0.2) is 4.98 Å². The molecule has 2 aromatic heterocycles. The van der Waals surface area contributed by atoms with E-state index in [1.807, 2.05) is 6.20 Å². The third-order valence-corrected chi connectivity index (χ3v) is 19.1. The summed E-state index contributed by atoms with van der Waals surface area (Å²) in [7, 11) is 0. The second-order valence-corrected chi connectivity index (χ2v) is 30.6. The van der Waals surface area contributed by atoms with Crippen molar-refractivity contribution in [3.8, 4) is 50.7 Å². The molecule has 0 saturated carbocycles. The van der Waals surface area contributed by atoms with Crippen LogP contribution < -0.4 is 14.5 Å². The number of anilines is 4. The van der Waals surface area contributed by atoms with Crippen molar-refractivity contribution in [2.75, 3.05) is 9.80 Å². The summed E-state index contributed by atoms with van der Waals surface area (Å²) in [6.07, 6.45) is 1.95. The zero-order valence-corrected chi connectivity index (χ0v) is 58.7. The first-order chi connectivity index (χ1) is 43.8. The molecule has 470 valence electrons. The van der Waals surface area contributed by atoms with Crippen molar-refractivity contribution in [3.63, 3.8) is 0 Å². The van der Waals surface area contributed by atoms with Crippen LogP contribution in [-0.4, -0.2) is 9.55 Å². The molecular formula is C87H83N4OPt-3. The molecule has 14 rings (SSSR count). The van der Waals surface area contributed by atoms with Crippen LogP contribution in [0.5, 0.6) is 11.5 Å². The third-order valence-electron chi connectivity index (χ3n) is 19.1. The summed E-state index contributed by atoms with van der Waals surface area (Å²) in [4.78, 5) is 9.91. The first kappa shape index (κ1) is 63.0. The molecule has 0 fully saturated rings. The molecule has 0 amide bonds. The Balaban J connectivity index is 0.00000787. The SMILES string of the molecule is CC(C)(C)c1cc(C(C)(C)C)cc(C2(c3cc(Oc4[c-]c5c(cc4)c4cccc(C(C)(C)C)c4n5-c4cc(C(C)(C)C)ccn4)[c-]c(N4[CH-]N(c5c(-c6ccccc6)cc(C(C)(C)C)cc5-c5ccccc5)c5ccccc54)c3)c3ccccc3-c3ccccc32)c1.[Pt]. The molecule has 0 N–H and O–H groups in total. The zero-order valence-electron chi connectivity index (χ0n) is 56.5. The normalized spacial score (nSPS) is 13.9. The Labute approximate surface area is 566 Å². The van der Waals surface area contributed by atoms with Crippen LogP contribution in [0.1, 0.15) is 154 Å². The molecule has 12 aromatic rings. The molecule has 5 nitrogen and oxygen atoms in total. The number of rotatable bonds is 9. The van der Waals surface area contributed by atoms with Gasteiger partial charge in [-0.2, -0.15) is 6.07 Å². The van der Waals surface area contributed by atoms with E-state index in [-0.39, 0.29) is 48.1 Å². The van der Waals surface area contributed by atoms with Gasteiger partial charge in [-0.1, -0.05) is 267 Å². The molecular weight excluding hydrogens is 1310 g/mol. The van der Waals surface area contributed by atoms with E-state index in [4.69, 9.17) is 9.72 Å². The van der Waals surface area contributed by atoms with E-state index >= 15 is 0 Å². The van der Waals surface area contributed by atoms with Crippen LogP contribution in [0, 0.1) is 18.8 Å². The maximum atomic E-state index is 7.56. The molecule has 0 saturated heterocycles. The quantitative estimate of drug-likeness (QED) is 0.135. The van der Waals surface area contributed by atoms with Crippen LogP contribution >= 0.6 is 0 Å². The van der Waals surface area contributed by atoms with Gasteiger partial charge in [0.15, 0.2) is 0 Å². The minimum absolute atomic E-state index is 0. The second kappa shape index (κ2) is 23.1. The molecule has 0 unspecified atom stereocenters. The first-order valence-corrected chi connectivity index (χ1v) is 32.7. The minimum Gasteiger partial charge on any atom is -0.509 e. The Hall–Kier alpha value is -8.76. The molecule has 0 atom stereocenters. The van der Waals surface area contributed by atoms with E-state index in [1.165, 1.54) is 55.6 Å². The summed E-state index contributed by atoms with van der Waals surface area (Å²) in [6, 6.07) is 89.0. The molecule has 2 aliphatic rings. The van der Waals surface area contributed by atoms with Gasteiger partial charge in [0.25, 0.3) is 0 Å². The first-order valence-electron chi connectivity index (χ1n) is 32.7. The molecule has 0 radical (unpaired) electrons. The molecule has 0 spiro atoms. The van der Waals surface area contributed by atoms with Crippen LogP contribution in [0.4, 0.5) is 22.7 Å². The third kappa shape index (κ3) is 11.0. The van der Waals surface area contributed by atoms with Gasteiger partial charge >= 0.3 is 0 Å². The van der Waals surface area contributed by atoms with Crippen LogP contribution in [0.15, 0.2) is 225 Å². The number of hydrogen-bond acceptors (Lipinski definition) is 4. The zero-order chi connectivity index (χ0) is 64.4. The van der Waals surface area contributed by atoms with E-state index in [0.29, 0.717) is 11.5 Å². The molecule has 0 bridgehead atoms. The van der Waals surface area contributed by atoms with E-state index in [9.17, 15) is 0 Å². The summed E-state index contributed by atoms with van der Waals surface area (Å²) >= 11 is 0. The Morgan fingerprint density at radius 3 is 1.48 bits per heavy atom. The molecule has 3 heterocycles. The average Bonchev–Trinajstić information content (AvgIpc) is 1.58. The second-order valence-electron chi connectivity index (χ2n) is 30.6. The van der Waals surface area contributed by atoms with Gasteiger partial charge in [-0.15, -0.1) is 53.6 Å². The Bertz CT molecular complexity index is 4710. The maximum Gasteiger partial charge on any atom is 0.135 e. The number of ether oxygens (including phenoxy) is 1. The monoisotopic (exact) mass is 1390 g/mol. The Morgan fingerprint density at radius 2 is 0.925 bits per heavy atom. The predicted molar refractivity (Wildman–Crippen MR) is 386 cm³/mol. The van der Waals surface area contributed by atoms with E-state index in [1.54, 1.807) is 0 Å². The standard InChI is InChI=1S/C87H83N4O.Pt/c1-82(2,3)58-43-44-88-79(52-58)91-78-54-65(41-42-69(78)70-35-28-38-75(81(70)91)86(13,14)15)92-66-49-63(87(62-46-59(83(4,5)6)45-60(47-62)84(7,8)9)73-36-24-22-33-67(73)68-34-23-25-37-74(68)87)48-64(53-66)89-55-90(77-40-27-26-39-76(77)89)80-71(56-29-18-16-19-30-56)50-61(85(10,11)12)51-72(80)57-31-20-17-21-32-57;/h16-52,55H,1-15H3;/q-3;. The summed E-state index contributed by atoms with van der Waals surface area (Å²) < 4.78 is 9.88. The number of hydrogen-bond donors (Lipinski definition) is 0. The average molecular weight is 1400 g/mol. The fourth-order valence-electron chi connectivity index (χ4n) is 14.1. The van der Waals surface area contributed by atoms with Gasteiger partial charge in [-0.3, -0.25) is 0 Å². The predicted octanol–water partition coefficient (Wildman–Crippen LogP) is 23.2. The summed E-state index contributed by atoms with van der Waals surface area (Å²) in [5, 5.41) is 2.23. The minimum atomic E-state index is -0.827. The summed E-state index contributed by atoms with van der Waals surface area (Å²) in [5.74, 6) is 1.98. The molecule has 1 aliphatic carbocycles. The van der Waals surface area contributed by atoms with Crippen LogP contribution in [0.25, 0.3) is 61.0 Å². The molecule has 93 heavy (non-hydrogen) atoms. The fraction of sp³-hybridized carbons (Fsp3) is 0.241. The van der Waals surface area contributed by atoms with E-state index in [2.05, 4.69) is 355 Å². The van der Waals surface area contributed by atoms with E-state index < -0.39 is 5.41 Å². The van der Waals surface area contributed by atoms with Gasteiger partial charge < -0.3 is 19.1 Å². The summed E-state index contributed by atoms with van der Waals surface area (Å²) in [6.45, 7) is 36.9. The topological polar surface area (TPSA) is 33.5 Å². The van der Waals surface area contributed by atoms with Crippen molar-refractivity contribution in [1.82, 2.24) is 9.55 Å². The number of nitrogens with zero attached hydrogens (tertiary/aromatic N) is 4. The number of aromatic nitrogens is 2. The number of fused-ring (bicyclic) bond motifs is 7. The maximum absolute atomic E-state index is 7.56. The van der Waals surface area contributed by atoms with Crippen molar-refractivity contribution in [2.24, 2.45) is 0 Å². The number of para-hydroxylation sites is 3. The number of pyridine rings is 1. The van der Waals surface area contributed by atoms with Crippen molar-refractivity contribution < 1.29 is 25.8 Å². The van der Waals surface area contributed by atoms with Crippen LogP contribution in [0.3, 0.4) is 0 Å². The molecule has 6 heteroatoms. The Kier molecular flexibility index (Phi) is 15.6. The Morgan fingerprint density at radius 1 is 0.409 bits per heavy atom. The fourth-order valence-corrected chi connectivity index (χ4v) is 14.1. The number of benzene rings is 10. The summed E-state index contributed by atoms with van der Waals surface area (Å²) in [5.41, 5.74) is 22.5. The molecule has 10 aromatic carbocycles. The van der Waals surface area contributed by atoms with Crippen molar-refractivity contribution in [2.45, 2.75) is 136 Å². The van der Waals surface area contributed by atoms with Crippen LogP contribution in [0.2, 0.25) is 0 Å². The van der Waals surface area contributed by atoms with Crippen LogP contribution in [-0.2, 0) is 53.6 Å². The molecule has 1 aliphatic heterocycles. The largest absolute Gasteiger partial charge is 0.509 e. The van der Waals surface area contributed by atoms with Crippen molar-refractivity contribution in [3.05, 3.63) is 293 Å². The van der Waals surface area contributed by atoms with E-state index in [0.717, 1.165) is 78.2 Å². The van der Waals surface area contributed by atoms with Gasteiger partial charge in [0.05, 0.1) is 0 Å². The van der Waals surface area contributed by atoms with Crippen molar-refractivity contribution >= 4 is 44.6 Å². The van der Waals surface area contributed by atoms with Gasteiger partial charge in [0.2, 0.25) is 0 Å². The van der Waals surface area contributed by atoms with Gasteiger partial charge in [-0.05, 0) is 136 Å². The smallest absolute Gasteiger partial charge is 0.135 e. The van der Waals surface area contributed by atoms with Gasteiger partial charge in [0.1, 0.15) is 5.82 Å². The van der Waals surface area contributed by atoms with Crippen molar-refractivity contribution in [1.29, 1.82) is 0 Å². The van der Waals surface area contributed by atoms with Gasteiger partial charge in [0, 0.05) is 77.9 Å².